The number of ether oxygens (including phenoxy) is 3. The second-order valence-electron chi connectivity index (χ2n) is 8.54. The zero-order valence-electron chi connectivity index (χ0n) is 19.0. The Morgan fingerprint density at radius 3 is 2.50 bits per heavy atom. The smallest absolute Gasteiger partial charge is 0.319 e. The highest BCUT2D eigenvalue weighted by Crippen LogP contribution is 2.51. The van der Waals surface area contributed by atoms with Gasteiger partial charge in [-0.15, -0.1) is 0 Å². The predicted molar refractivity (Wildman–Crippen MR) is 117 cm³/mol. The number of rotatable bonds is 8. The maximum absolute atomic E-state index is 14.5. The van der Waals surface area contributed by atoms with Crippen LogP contribution in [-0.4, -0.2) is 53.4 Å². The van der Waals surface area contributed by atoms with Gasteiger partial charge in [0.15, 0.2) is 0 Å². The summed E-state index contributed by atoms with van der Waals surface area (Å²) in [6.07, 6.45) is 4.48. The number of fused-ring (bicyclic) bond motifs is 2. The molecule has 8 heteroatoms. The van der Waals surface area contributed by atoms with Crippen molar-refractivity contribution in [2.75, 3.05) is 33.4 Å². The fourth-order valence-corrected chi connectivity index (χ4v) is 5.21. The number of halogens is 1. The maximum Gasteiger partial charge on any atom is 0.319 e. The van der Waals surface area contributed by atoms with Crippen LogP contribution in [0.2, 0.25) is 0 Å². The Morgan fingerprint density at radius 2 is 1.88 bits per heavy atom. The van der Waals surface area contributed by atoms with Crippen LogP contribution in [0.5, 0.6) is 17.6 Å². The Bertz CT molecular complexity index is 927. The van der Waals surface area contributed by atoms with E-state index in [4.69, 9.17) is 14.2 Å². The van der Waals surface area contributed by atoms with Gasteiger partial charge in [0.05, 0.1) is 25.9 Å². The second kappa shape index (κ2) is 9.58. The molecule has 2 fully saturated rings. The van der Waals surface area contributed by atoms with Gasteiger partial charge in [-0.05, 0) is 32.8 Å². The maximum atomic E-state index is 14.5. The van der Waals surface area contributed by atoms with E-state index < -0.39 is 5.60 Å². The Labute approximate surface area is 188 Å². The quantitative estimate of drug-likeness (QED) is 0.666. The number of aliphatic hydroxyl groups is 1. The molecule has 2 aromatic rings. The molecule has 1 saturated heterocycles. The van der Waals surface area contributed by atoms with Crippen molar-refractivity contribution < 1.29 is 23.7 Å². The van der Waals surface area contributed by atoms with Crippen LogP contribution in [0.15, 0.2) is 24.4 Å². The van der Waals surface area contributed by atoms with E-state index in [0.717, 1.165) is 19.3 Å². The summed E-state index contributed by atoms with van der Waals surface area (Å²) in [6.45, 7) is 6.48. The molecule has 7 nitrogen and oxygen atoms in total. The molecule has 2 heterocycles. The lowest BCUT2D eigenvalue weighted by atomic mass is 9.63. The number of piperidine rings is 1. The number of likely N-dealkylation sites (tertiary alicyclic amines) is 1. The van der Waals surface area contributed by atoms with Crippen molar-refractivity contribution in [3.05, 3.63) is 41.3 Å². The van der Waals surface area contributed by atoms with Gasteiger partial charge in [-0.2, -0.15) is 4.98 Å². The fourth-order valence-electron chi connectivity index (χ4n) is 5.21. The van der Waals surface area contributed by atoms with Crippen LogP contribution in [0.1, 0.15) is 44.2 Å². The molecule has 0 radical (unpaired) electrons. The first-order chi connectivity index (χ1) is 15.5. The predicted octanol–water partition coefficient (Wildman–Crippen LogP) is 3.54. The van der Waals surface area contributed by atoms with Crippen molar-refractivity contribution in [2.45, 2.75) is 45.3 Å². The Kier molecular flexibility index (Phi) is 6.81. The minimum atomic E-state index is -1.08. The van der Waals surface area contributed by atoms with Gasteiger partial charge < -0.3 is 19.3 Å². The minimum Gasteiger partial charge on any atom is -0.497 e. The second-order valence-corrected chi connectivity index (χ2v) is 8.54. The van der Waals surface area contributed by atoms with Crippen LogP contribution in [0.25, 0.3) is 0 Å². The van der Waals surface area contributed by atoms with Crippen LogP contribution >= 0.6 is 0 Å². The van der Waals surface area contributed by atoms with Crippen molar-refractivity contribution in [1.29, 1.82) is 0 Å². The van der Waals surface area contributed by atoms with Crippen LogP contribution < -0.4 is 14.2 Å². The molecule has 2 atom stereocenters. The molecule has 0 amide bonds. The average Bonchev–Trinajstić information content (AvgIpc) is 2.76. The van der Waals surface area contributed by atoms with E-state index in [1.807, 2.05) is 13.8 Å². The van der Waals surface area contributed by atoms with Gasteiger partial charge in [-0.1, -0.05) is 12.5 Å². The highest BCUT2D eigenvalue weighted by atomic mass is 19.1. The number of benzene rings is 1. The summed E-state index contributed by atoms with van der Waals surface area (Å²) in [6, 6.07) is 5.23. The summed E-state index contributed by atoms with van der Waals surface area (Å²) >= 11 is 0. The molecule has 1 N–H and O–H groups in total. The zero-order chi connectivity index (χ0) is 22.7. The average molecular weight is 446 g/mol. The Balaban J connectivity index is 1.60. The fraction of sp³-hybridized carbons (Fsp3) is 0.583. The normalized spacial score (nSPS) is 25.4. The molecule has 1 saturated carbocycles. The van der Waals surface area contributed by atoms with E-state index in [-0.39, 0.29) is 23.7 Å². The van der Waals surface area contributed by atoms with Gasteiger partial charge in [0.1, 0.15) is 17.2 Å². The molecule has 4 rings (SSSR count). The molecule has 2 aliphatic rings. The van der Waals surface area contributed by atoms with E-state index in [1.165, 1.54) is 13.2 Å². The van der Waals surface area contributed by atoms with Crippen LogP contribution in [-0.2, 0) is 12.1 Å². The molecule has 2 bridgehead atoms. The monoisotopic (exact) mass is 445 g/mol. The SMILES string of the molecule is CCOc1ncc(C2(O)[C@H]3CCC[C@H]2CN(Cc2ccc(OC)cc2F)C3)c(OCC)n1. The van der Waals surface area contributed by atoms with E-state index in [9.17, 15) is 9.50 Å². The summed E-state index contributed by atoms with van der Waals surface area (Å²) in [5.74, 6) is 0.595. The topological polar surface area (TPSA) is 76.9 Å². The largest absolute Gasteiger partial charge is 0.497 e. The van der Waals surface area contributed by atoms with Crippen LogP contribution in [0.3, 0.4) is 0 Å². The molecule has 174 valence electrons. The number of nitrogens with zero attached hydrogens (tertiary/aromatic N) is 3. The first-order valence-electron chi connectivity index (χ1n) is 11.4. The third-order valence-electron chi connectivity index (χ3n) is 6.68. The lowest BCUT2D eigenvalue weighted by molar-refractivity contribution is -0.150. The highest BCUT2D eigenvalue weighted by molar-refractivity contribution is 5.35. The van der Waals surface area contributed by atoms with Gasteiger partial charge in [0.25, 0.3) is 0 Å². The number of hydrogen-bond acceptors (Lipinski definition) is 7. The minimum absolute atomic E-state index is 0.0166. The van der Waals surface area contributed by atoms with Crippen molar-refractivity contribution in [2.24, 2.45) is 11.8 Å². The van der Waals surface area contributed by atoms with Gasteiger partial charge in [-0.25, -0.2) is 9.37 Å². The number of hydrogen-bond donors (Lipinski definition) is 1. The lowest BCUT2D eigenvalue weighted by Gasteiger charge is -2.53. The molecular weight excluding hydrogens is 413 g/mol. The molecule has 0 unspecified atom stereocenters. The standard InChI is InChI=1S/C24H32FN3O4/c1-4-31-22-20(12-26-23(27-22)32-5-2)24(29)17-7-6-8-18(24)15-28(14-17)13-16-9-10-19(30-3)11-21(16)25/h9-12,17-18,29H,4-8,13-15H2,1-3H3/t17-,18-/m0/s1. The summed E-state index contributed by atoms with van der Waals surface area (Å²) in [5.41, 5.74) is 0.184. The summed E-state index contributed by atoms with van der Waals surface area (Å²) in [4.78, 5) is 11.0. The molecule has 1 aliphatic carbocycles. The van der Waals surface area contributed by atoms with E-state index in [2.05, 4.69) is 14.9 Å². The highest BCUT2D eigenvalue weighted by Gasteiger charge is 2.53. The summed E-state index contributed by atoms with van der Waals surface area (Å²) < 4.78 is 30.9. The summed E-state index contributed by atoms with van der Waals surface area (Å²) in [7, 11) is 1.53. The molecule has 32 heavy (non-hydrogen) atoms. The van der Waals surface area contributed by atoms with E-state index in [1.54, 1.807) is 18.3 Å². The first-order valence-corrected chi connectivity index (χ1v) is 11.4. The van der Waals surface area contributed by atoms with Crippen LogP contribution in [0, 0.1) is 17.7 Å². The zero-order valence-corrected chi connectivity index (χ0v) is 19.0. The summed E-state index contributed by atoms with van der Waals surface area (Å²) in [5, 5.41) is 12.0. The van der Waals surface area contributed by atoms with Crippen LogP contribution in [0.4, 0.5) is 4.39 Å². The lowest BCUT2D eigenvalue weighted by Crippen LogP contribution is -2.58. The molecule has 1 aromatic heterocycles. The van der Waals surface area contributed by atoms with E-state index in [0.29, 0.717) is 55.6 Å². The van der Waals surface area contributed by atoms with Crippen molar-refractivity contribution in [3.63, 3.8) is 0 Å². The van der Waals surface area contributed by atoms with Crippen molar-refractivity contribution in [1.82, 2.24) is 14.9 Å². The molecule has 1 aliphatic heterocycles. The van der Waals surface area contributed by atoms with E-state index >= 15 is 0 Å². The van der Waals surface area contributed by atoms with Crippen molar-refractivity contribution in [3.8, 4) is 17.6 Å². The van der Waals surface area contributed by atoms with Gasteiger partial charge in [0.2, 0.25) is 5.88 Å². The Morgan fingerprint density at radius 1 is 1.16 bits per heavy atom. The van der Waals surface area contributed by atoms with Gasteiger partial charge in [-0.3, -0.25) is 4.90 Å². The third kappa shape index (κ3) is 4.26. The van der Waals surface area contributed by atoms with Gasteiger partial charge >= 0.3 is 6.01 Å². The third-order valence-corrected chi connectivity index (χ3v) is 6.68. The first kappa shape index (κ1) is 22.7. The molecule has 1 aromatic carbocycles. The Hall–Kier alpha value is -2.45. The van der Waals surface area contributed by atoms with Gasteiger partial charge in [0, 0.05) is 49.3 Å². The molecule has 0 spiro atoms. The number of methoxy groups -OCH3 is 1. The number of aromatic nitrogens is 2. The van der Waals surface area contributed by atoms with Crippen molar-refractivity contribution >= 4 is 0 Å². The molecular formula is C24H32FN3O4.